The fourth-order valence-electron chi connectivity index (χ4n) is 2.06. The lowest BCUT2D eigenvalue weighted by Gasteiger charge is -2.21. The standard InChI is InChI=1S/C18H23NOS/c1-14(2)19-13-18(15-7-5-4-6-8-15)20-16-9-11-17(21-3)12-10-16/h4-12,14,18-19H,13H2,1-3H3. The van der Waals surface area contributed by atoms with Crippen LogP contribution in [0.25, 0.3) is 0 Å². The summed E-state index contributed by atoms with van der Waals surface area (Å²) in [4.78, 5) is 1.25. The van der Waals surface area contributed by atoms with Crippen molar-refractivity contribution in [2.45, 2.75) is 30.9 Å². The summed E-state index contributed by atoms with van der Waals surface area (Å²) in [5.41, 5.74) is 1.19. The summed E-state index contributed by atoms with van der Waals surface area (Å²) in [5, 5.41) is 3.46. The van der Waals surface area contributed by atoms with Crippen molar-refractivity contribution in [2.75, 3.05) is 12.8 Å². The summed E-state index contributed by atoms with van der Waals surface area (Å²) in [7, 11) is 0. The van der Waals surface area contributed by atoms with Gasteiger partial charge in [0.15, 0.2) is 0 Å². The highest BCUT2D eigenvalue weighted by Crippen LogP contribution is 2.24. The maximum atomic E-state index is 6.18. The van der Waals surface area contributed by atoms with E-state index in [1.54, 1.807) is 11.8 Å². The Morgan fingerprint density at radius 3 is 2.24 bits per heavy atom. The molecular formula is C18H23NOS. The highest BCUT2D eigenvalue weighted by molar-refractivity contribution is 7.98. The molecule has 3 heteroatoms. The highest BCUT2D eigenvalue weighted by Gasteiger charge is 2.13. The second-order valence-corrected chi connectivity index (χ2v) is 6.14. The largest absolute Gasteiger partial charge is 0.484 e. The van der Waals surface area contributed by atoms with Crippen molar-refractivity contribution in [3.8, 4) is 5.75 Å². The van der Waals surface area contributed by atoms with Crippen molar-refractivity contribution in [1.29, 1.82) is 0 Å². The number of ether oxygens (including phenoxy) is 1. The van der Waals surface area contributed by atoms with E-state index in [4.69, 9.17) is 4.74 Å². The van der Waals surface area contributed by atoms with Gasteiger partial charge in [0.05, 0.1) is 0 Å². The molecule has 21 heavy (non-hydrogen) atoms. The second-order valence-electron chi connectivity index (χ2n) is 5.26. The Bertz CT molecular complexity index is 525. The average Bonchev–Trinajstić information content (AvgIpc) is 2.52. The fraction of sp³-hybridized carbons (Fsp3) is 0.333. The molecule has 2 rings (SSSR count). The fourth-order valence-corrected chi connectivity index (χ4v) is 2.46. The molecule has 0 bridgehead atoms. The normalized spacial score (nSPS) is 12.4. The summed E-state index contributed by atoms with van der Waals surface area (Å²) < 4.78 is 6.18. The van der Waals surface area contributed by atoms with Crippen LogP contribution in [-0.2, 0) is 0 Å². The second kappa shape index (κ2) is 8.11. The Morgan fingerprint density at radius 2 is 1.67 bits per heavy atom. The molecule has 1 N–H and O–H groups in total. The Morgan fingerprint density at radius 1 is 1.00 bits per heavy atom. The number of nitrogens with one attached hydrogen (secondary N) is 1. The number of hydrogen-bond acceptors (Lipinski definition) is 3. The molecule has 0 amide bonds. The first kappa shape index (κ1) is 15.9. The first-order chi connectivity index (χ1) is 10.2. The van der Waals surface area contributed by atoms with E-state index in [-0.39, 0.29) is 6.10 Å². The van der Waals surface area contributed by atoms with Gasteiger partial charge in [-0.25, -0.2) is 0 Å². The molecule has 0 saturated carbocycles. The van der Waals surface area contributed by atoms with Gasteiger partial charge in [0, 0.05) is 17.5 Å². The van der Waals surface area contributed by atoms with Gasteiger partial charge in [-0.1, -0.05) is 44.2 Å². The van der Waals surface area contributed by atoms with E-state index in [0.29, 0.717) is 6.04 Å². The van der Waals surface area contributed by atoms with Crippen LogP contribution in [0.2, 0.25) is 0 Å². The minimum Gasteiger partial charge on any atom is -0.484 e. The minimum atomic E-state index is 0.0220. The summed E-state index contributed by atoms with van der Waals surface area (Å²) in [6.07, 6.45) is 2.10. The van der Waals surface area contributed by atoms with E-state index in [2.05, 4.69) is 61.8 Å². The Hall–Kier alpha value is -1.45. The van der Waals surface area contributed by atoms with E-state index in [9.17, 15) is 0 Å². The average molecular weight is 301 g/mol. The third kappa shape index (κ3) is 5.10. The molecule has 0 fully saturated rings. The predicted octanol–water partition coefficient (Wildman–Crippen LogP) is 4.53. The minimum absolute atomic E-state index is 0.0220. The topological polar surface area (TPSA) is 21.3 Å². The quantitative estimate of drug-likeness (QED) is 0.759. The maximum absolute atomic E-state index is 6.18. The van der Waals surface area contributed by atoms with Crippen LogP contribution >= 0.6 is 11.8 Å². The van der Waals surface area contributed by atoms with Crippen LogP contribution in [0.3, 0.4) is 0 Å². The van der Waals surface area contributed by atoms with Gasteiger partial charge in [-0.3, -0.25) is 0 Å². The Kier molecular flexibility index (Phi) is 6.15. The van der Waals surface area contributed by atoms with E-state index >= 15 is 0 Å². The van der Waals surface area contributed by atoms with Gasteiger partial charge in [-0.15, -0.1) is 11.8 Å². The molecule has 2 aromatic rings. The molecule has 0 aliphatic carbocycles. The van der Waals surface area contributed by atoms with Crippen LogP contribution in [0, 0.1) is 0 Å². The zero-order chi connectivity index (χ0) is 15.1. The monoisotopic (exact) mass is 301 g/mol. The first-order valence-electron chi connectivity index (χ1n) is 7.28. The molecule has 112 valence electrons. The summed E-state index contributed by atoms with van der Waals surface area (Å²) in [6.45, 7) is 5.09. The van der Waals surface area contributed by atoms with Gasteiger partial charge < -0.3 is 10.1 Å². The van der Waals surface area contributed by atoms with Gasteiger partial charge in [0.25, 0.3) is 0 Å². The molecule has 1 unspecified atom stereocenters. The van der Waals surface area contributed by atoms with Crippen LogP contribution in [0.1, 0.15) is 25.5 Å². The molecule has 0 radical (unpaired) electrons. The lowest BCUT2D eigenvalue weighted by Crippen LogP contribution is -2.30. The summed E-state index contributed by atoms with van der Waals surface area (Å²) in [6, 6.07) is 19.1. The first-order valence-corrected chi connectivity index (χ1v) is 8.50. The zero-order valence-corrected chi connectivity index (χ0v) is 13.7. The Balaban J connectivity index is 2.10. The van der Waals surface area contributed by atoms with Crippen molar-refractivity contribution in [2.24, 2.45) is 0 Å². The van der Waals surface area contributed by atoms with Crippen molar-refractivity contribution in [1.82, 2.24) is 5.32 Å². The van der Waals surface area contributed by atoms with Crippen LogP contribution in [0.15, 0.2) is 59.5 Å². The van der Waals surface area contributed by atoms with Crippen LogP contribution in [-0.4, -0.2) is 18.8 Å². The van der Waals surface area contributed by atoms with E-state index in [1.165, 1.54) is 10.5 Å². The molecule has 0 aliphatic heterocycles. The van der Waals surface area contributed by atoms with Gasteiger partial charge >= 0.3 is 0 Å². The van der Waals surface area contributed by atoms with Gasteiger partial charge in [-0.05, 0) is 36.1 Å². The molecule has 0 aliphatic rings. The van der Waals surface area contributed by atoms with Gasteiger partial charge in [0.2, 0.25) is 0 Å². The molecule has 0 aromatic heterocycles. The van der Waals surface area contributed by atoms with E-state index in [1.807, 2.05) is 18.2 Å². The molecule has 2 nitrogen and oxygen atoms in total. The lowest BCUT2D eigenvalue weighted by molar-refractivity contribution is 0.198. The number of rotatable bonds is 7. The lowest BCUT2D eigenvalue weighted by atomic mass is 10.1. The molecule has 2 aromatic carbocycles. The van der Waals surface area contributed by atoms with E-state index < -0.39 is 0 Å². The number of hydrogen-bond donors (Lipinski definition) is 1. The predicted molar refractivity (Wildman–Crippen MR) is 91.2 cm³/mol. The third-order valence-electron chi connectivity index (χ3n) is 3.22. The molecule has 0 heterocycles. The highest BCUT2D eigenvalue weighted by atomic mass is 32.2. The van der Waals surface area contributed by atoms with Crippen molar-refractivity contribution >= 4 is 11.8 Å². The van der Waals surface area contributed by atoms with Crippen LogP contribution < -0.4 is 10.1 Å². The van der Waals surface area contributed by atoms with Gasteiger partial charge in [-0.2, -0.15) is 0 Å². The van der Waals surface area contributed by atoms with Crippen molar-refractivity contribution in [3.05, 3.63) is 60.2 Å². The number of thioether (sulfide) groups is 1. The maximum Gasteiger partial charge on any atom is 0.136 e. The molecule has 0 saturated heterocycles. The number of benzene rings is 2. The summed E-state index contributed by atoms with van der Waals surface area (Å²) >= 11 is 1.74. The third-order valence-corrected chi connectivity index (χ3v) is 3.96. The van der Waals surface area contributed by atoms with Crippen LogP contribution in [0.4, 0.5) is 0 Å². The molecule has 0 spiro atoms. The zero-order valence-electron chi connectivity index (χ0n) is 12.9. The van der Waals surface area contributed by atoms with Gasteiger partial charge in [0.1, 0.15) is 11.9 Å². The van der Waals surface area contributed by atoms with Crippen LogP contribution in [0.5, 0.6) is 5.75 Å². The van der Waals surface area contributed by atoms with Crippen molar-refractivity contribution in [3.63, 3.8) is 0 Å². The van der Waals surface area contributed by atoms with E-state index in [0.717, 1.165) is 12.3 Å². The smallest absolute Gasteiger partial charge is 0.136 e. The SMILES string of the molecule is CSc1ccc(OC(CNC(C)C)c2ccccc2)cc1. The Labute approximate surface area is 131 Å². The summed E-state index contributed by atoms with van der Waals surface area (Å²) in [5.74, 6) is 0.909. The molecule has 1 atom stereocenters. The molecular weight excluding hydrogens is 278 g/mol. The van der Waals surface area contributed by atoms with Crippen molar-refractivity contribution < 1.29 is 4.74 Å².